The smallest absolute Gasteiger partial charge is 0.341 e. The summed E-state index contributed by atoms with van der Waals surface area (Å²) >= 11 is 4.69. The molecular weight excluding hydrogens is 604 g/mol. The van der Waals surface area contributed by atoms with Gasteiger partial charge in [0.05, 0.1) is 12.3 Å². The quantitative estimate of drug-likeness (QED) is 0.142. The van der Waals surface area contributed by atoms with E-state index in [1.807, 2.05) is 72.8 Å². The first kappa shape index (κ1) is 28.2. The third-order valence-electron chi connectivity index (χ3n) is 5.91. The summed E-state index contributed by atoms with van der Waals surface area (Å²) < 4.78 is 7.87. The zero-order valence-electron chi connectivity index (χ0n) is 22.0. The molecule has 11 heteroatoms. The van der Waals surface area contributed by atoms with E-state index in [9.17, 15) is 9.59 Å². The summed E-state index contributed by atoms with van der Waals surface area (Å²) in [7, 11) is 0. The van der Waals surface area contributed by atoms with Crippen LogP contribution in [0.3, 0.4) is 0 Å². The molecule has 0 saturated carbocycles. The number of benzene rings is 3. The van der Waals surface area contributed by atoms with E-state index in [-0.39, 0.29) is 19.1 Å². The Labute approximate surface area is 249 Å². The maximum Gasteiger partial charge on any atom is 0.341 e. The second-order valence-electron chi connectivity index (χ2n) is 8.81. The Kier molecular flexibility index (Phi) is 9.17. The molecule has 2 heterocycles. The standard InChI is InChI=1S/C30H25BrN6O3S/c1-2-40-30(39)27-26(20-9-5-3-6-10-20)28(21-11-7-4-8-12-21)34-35-29(27)41-19-24-17-37(36-33-24)18-25(38)32-23-15-13-22(31)14-16-23/h3-17H,2,18-19H2,1H3,(H,32,38). The van der Waals surface area contributed by atoms with Gasteiger partial charge in [0, 0.05) is 33.2 Å². The molecule has 0 aliphatic carbocycles. The summed E-state index contributed by atoms with van der Waals surface area (Å²) in [6.07, 6.45) is 1.70. The minimum absolute atomic E-state index is 0.00550. The number of halogens is 1. The van der Waals surface area contributed by atoms with Crippen molar-refractivity contribution < 1.29 is 14.3 Å². The number of rotatable bonds is 10. The van der Waals surface area contributed by atoms with Crippen LogP contribution in [0.1, 0.15) is 23.0 Å². The van der Waals surface area contributed by atoms with Crippen LogP contribution >= 0.6 is 27.7 Å². The average molecular weight is 630 g/mol. The molecule has 0 atom stereocenters. The minimum Gasteiger partial charge on any atom is -0.462 e. The van der Waals surface area contributed by atoms with Crippen molar-refractivity contribution in [1.82, 2.24) is 25.2 Å². The Hall–Kier alpha value is -4.35. The van der Waals surface area contributed by atoms with Gasteiger partial charge in [0.2, 0.25) is 5.91 Å². The minimum atomic E-state index is -0.478. The molecule has 0 unspecified atom stereocenters. The number of ether oxygens (including phenoxy) is 1. The van der Waals surface area contributed by atoms with Crippen molar-refractivity contribution in [1.29, 1.82) is 0 Å². The number of hydrogen-bond acceptors (Lipinski definition) is 8. The Morgan fingerprint density at radius 1 is 0.902 bits per heavy atom. The third-order valence-corrected chi connectivity index (χ3v) is 7.44. The van der Waals surface area contributed by atoms with Gasteiger partial charge in [0.1, 0.15) is 22.8 Å². The van der Waals surface area contributed by atoms with Crippen molar-refractivity contribution in [2.24, 2.45) is 0 Å². The van der Waals surface area contributed by atoms with Crippen LogP contribution in [0.25, 0.3) is 22.4 Å². The molecule has 1 N–H and O–H groups in total. The fourth-order valence-electron chi connectivity index (χ4n) is 4.10. The Morgan fingerprint density at radius 2 is 1.59 bits per heavy atom. The number of carbonyl (C=O) groups is 2. The van der Waals surface area contributed by atoms with Crippen LogP contribution in [0.4, 0.5) is 5.69 Å². The van der Waals surface area contributed by atoms with Gasteiger partial charge in [0.15, 0.2) is 0 Å². The number of esters is 1. The first-order chi connectivity index (χ1) is 20.0. The lowest BCUT2D eigenvalue weighted by molar-refractivity contribution is -0.116. The molecule has 9 nitrogen and oxygen atoms in total. The SMILES string of the molecule is CCOC(=O)c1c(SCc2cn(CC(=O)Nc3ccc(Br)cc3)nn2)nnc(-c2ccccc2)c1-c1ccccc1. The van der Waals surface area contributed by atoms with E-state index in [0.29, 0.717) is 39.0 Å². The highest BCUT2D eigenvalue weighted by molar-refractivity contribution is 9.10. The number of aromatic nitrogens is 5. The van der Waals surface area contributed by atoms with E-state index in [1.54, 1.807) is 25.3 Å². The zero-order chi connectivity index (χ0) is 28.6. The van der Waals surface area contributed by atoms with Crippen LogP contribution in [0, 0.1) is 0 Å². The van der Waals surface area contributed by atoms with Crippen molar-refractivity contribution in [3.8, 4) is 22.4 Å². The number of nitrogens with one attached hydrogen (secondary N) is 1. The van der Waals surface area contributed by atoms with Gasteiger partial charge in [-0.3, -0.25) is 4.79 Å². The molecule has 3 aromatic carbocycles. The molecule has 5 rings (SSSR count). The molecule has 206 valence electrons. The molecule has 5 aromatic rings. The second-order valence-corrected chi connectivity index (χ2v) is 10.7. The maximum absolute atomic E-state index is 13.4. The molecule has 41 heavy (non-hydrogen) atoms. The number of carbonyl (C=O) groups excluding carboxylic acids is 2. The Morgan fingerprint density at radius 3 is 2.27 bits per heavy atom. The van der Waals surface area contributed by atoms with Crippen molar-refractivity contribution >= 4 is 45.3 Å². The van der Waals surface area contributed by atoms with Crippen LogP contribution in [0.5, 0.6) is 0 Å². The Bertz CT molecular complexity index is 1650. The largest absolute Gasteiger partial charge is 0.462 e. The van der Waals surface area contributed by atoms with Crippen LogP contribution in [-0.4, -0.2) is 43.7 Å². The van der Waals surface area contributed by atoms with E-state index in [2.05, 4.69) is 41.8 Å². The van der Waals surface area contributed by atoms with Gasteiger partial charge in [-0.2, -0.15) is 0 Å². The normalized spacial score (nSPS) is 10.8. The van der Waals surface area contributed by atoms with Gasteiger partial charge in [-0.25, -0.2) is 9.48 Å². The van der Waals surface area contributed by atoms with Crippen molar-refractivity contribution in [3.63, 3.8) is 0 Å². The van der Waals surface area contributed by atoms with E-state index < -0.39 is 5.97 Å². The summed E-state index contributed by atoms with van der Waals surface area (Å²) in [5.74, 6) is -0.348. The summed E-state index contributed by atoms with van der Waals surface area (Å²) in [6, 6.07) is 26.6. The van der Waals surface area contributed by atoms with Gasteiger partial charge >= 0.3 is 5.97 Å². The molecule has 2 aromatic heterocycles. The lowest BCUT2D eigenvalue weighted by Gasteiger charge is -2.16. The van der Waals surface area contributed by atoms with E-state index in [0.717, 1.165) is 15.6 Å². The van der Waals surface area contributed by atoms with E-state index in [4.69, 9.17) is 4.74 Å². The predicted octanol–water partition coefficient (Wildman–Crippen LogP) is 6.27. The molecule has 0 radical (unpaired) electrons. The summed E-state index contributed by atoms with van der Waals surface area (Å²) in [5, 5.41) is 20.6. The van der Waals surface area contributed by atoms with E-state index in [1.165, 1.54) is 16.4 Å². The summed E-state index contributed by atoms with van der Waals surface area (Å²) in [6.45, 7) is 1.99. The highest BCUT2D eigenvalue weighted by Crippen LogP contribution is 2.38. The Balaban J connectivity index is 1.40. The van der Waals surface area contributed by atoms with Crippen molar-refractivity contribution in [3.05, 3.63) is 107 Å². The lowest BCUT2D eigenvalue weighted by Crippen LogP contribution is -2.19. The fraction of sp³-hybridized carbons (Fsp3) is 0.133. The van der Waals surface area contributed by atoms with Gasteiger partial charge in [-0.15, -0.1) is 15.3 Å². The molecule has 1 amide bonds. The highest BCUT2D eigenvalue weighted by Gasteiger charge is 2.26. The van der Waals surface area contributed by atoms with Crippen molar-refractivity contribution in [2.75, 3.05) is 11.9 Å². The fourth-order valence-corrected chi connectivity index (χ4v) is 5.21. The third kappa shape index (κ3) is 7.05. The molecular formula is C30H25BrN6O3S. The highest BCUT2D eigenvalue weighted by atomic mass is 79.9. The van der Waals surface area contributed by atoms with Gasteiger partial charge in [-0.05, 0) is 36.8 Å². The predicted molar refractivity (Wildman–Crippen MR) is 161 cm³/mol. The number of nitrogens with zero attached hydrogens (tertiary/aromatic N) is 5. The van der Waals surface area contributed by atoms with Crippen LogP contribution in [0.2, 0.25) is 0 Å². The van der Waals surface area contributed by atoms with Crippen molar-refractivity contribution in [2.45, 2.75) is 24.2 Å². The zero-order valence-corrected chi connectivity index (χ0v) is 24.4. The molecule has 0 aliphatic rings. The van der Waals surface area contributed by atoms with Crippen LogP contribution < -0.4 is 5.32 Å². The molecule has 0 aliphatic heterocycles. The summed E-state index contributed by atoms with van der Waals surface area (Å²) in [5.41, 5.74) is 4.56. The first-order valence-corrected chi connectivity index (χ1v) is 14.6. The first-order valence-electron chi connectivity index (χ1n) is 12.8. The second kappa shape index (κ2) is 13.3. The topological polar surface area (TPSA) is 112 Å². The van der Waals surface area contributed by atoms with Gasteiger partial charge in [0.25, 0.3) is 0 Å². The monoisotopic (exact) mass is 628 g/mol. The molecule has 0 bridgehead atoms. The maximum atomic E-state index is 13.4. The van der Waals surface area contributed by atoms with Gasteiger partial charge < -0.3 is 10.1 Å². The van der Waals surface area contributed by atoms with Gasteiger partial charge in [-0.1, -0.05) is 93.6 Å². The number of thioether (sulfide) groups is 1. The molecule has 0 spiro atoms. The van der Waals surface area contributed by atoms with Crippen LogP contribution in [0.15, 0.2) is 101 Å². The number of anilines is 1. The number of amides is 1. The molecule has 0 saturated heterocycles. The summed E-state index contributed by atoms with van der Waals surface area (Å²) in [4.78, 5) is 25.8. The average Bonchev–Trinajstić information content (AvgIpc) is 3.44. The van der Waals surface area contributed by atoms with Crippen LogP contribution in [-0.2, 0) is 21.8 Å². The van der Waals surface area contributed by atoms with E-state index >= 15 is 0 Å². The number of hydrogen-bond donors (Lipinski definition) is 1. The molecule has 0 fully saturated rings. The lowest BCUT2D eigenvalue weighted by atomic mass is 9.96.